The van der Waals surface area contributed by atoms with Gasteiger partial charge in [0.25, 0.3) is 12.3 Å². The normalized spacial score (nSPS) is 21.7. The molecule has 1 saturated heterocycles. The molecule has 7 nitrogen and oxygen atoms in total. The number of carboxylic acid groups (broad SMARTS) is 1. The number of likely N-dealkylation sites (tertiary alicyclic amines) is 1. The van der Waals surface area contributed by atoms with E-state index < -0.39 is 30.4 Å². The van der Waals surface area contributed by atoms with Crippen molar-refractivity contribution in [1.82, 2.24) is 14.7 Å². The van der Waals surface area contributed by atoms with Gasteiger partial charge in [-0.1, -0.05) is 0 Å². The van der Waals surface area contributed by atoms with E-state index in [1.807, 2.05) is 0 Å². The number of aliphatic carboxylic acids is 1. The van der Waals surface area contributed by atoms with Gasteiger partial charge < -0.3 is 15.1 Å². The van der Waals surface area contributed by atoms with E-state index in [-0.39, 0.29) is 18.5 Å². The van der Waals surface area contributed by atoms with E-state index in [4.69, 9.17) is 5.11 Å². The van der Waals surface area contributed by atoms with Crippen LogP contribution in [0.15, 0.2) is 0 Å². The molecule has 1 aromatic heterocycles. The third-order valence-electron chi connectivity index (χ3n) is 4.06. The molecule has 9 heteroatoms. The van der Waals surface area contributed by atoms with Gasteiger partial charge in [-0.2, -0.15) is 5.10 Å². The molecular weight excluding hydrogens is 312 g/mol. The maximum atomic E-state index is 12.6. The second-order valence-electron chi connectivity index (χ2n) is 5.79. The van der Waals surface area contributed by atoms with E-state index in [9.17, 15) is 23.5 Å². The average Bonchev–Trinajstić information content (AvgIpc) is 2.72. The molecule has 23 heavy (non-hydrogen) atoms. The van der Waals surface area contributed by atoms with Gasteiger partial charge in [0, 0.05) is 12.2 Å². The lowest BCUT2D eigenvalue weighted by molar-refractivity contribution is -0.163. The number of rotatable bonds is 4. The molecule has 1 aliphatic heterocycles. The van der Waals surface area contributed by atoms with E-state index in [1.165, 1.54) is 18.7 Å². The number of hydrogen-bond donors (Lipinski definition) is 2. The van der Waals surface area contributed by atoms with Gasteiger partial charge in [-0.25, -0.2) is 13.6 Å². The van der Waals surface area contributed by atoms with Crippen LogP contribution in [0.3, 0.4) is 0 Å². The van der Waals surface area contributed by atoms with Crippen LogP contribution in [0.4, 0.5) is 8.78 Å². The molecule has 0 aliphatic carbocycles. The maximum absolute atomic E-state index is 12.6. The van der Waals surface area contributed by atoms with Crippen LogP contribution in [-0.4, -0.2) is 61.9 Å². The zero-order chi connectivity index (χ0) is 17.4. The van der Waals surface area contributed by atoms with Crippen molar-refractivity contribution in [3.8, 4) is 0 Å². The Labute approximate surface area is 131 Å². The Bertz CT molecular complexity index is 632. The summed E-state index contributed by atoms with van der Waals surface area (Å²) in [6, 6.07) is 0. The highest BCUT2D eigenvalue weighted by Crippen LogP contribution is 2.25. The van der Waals surface area contributed by atoms with Crippen LogP contribution in [0.25, 0.3) is 0 Å². The number of carbonyl (C=O) groups is 2. The molecular formula is C14H19F2N3O4. The summed E-state index contributed by atoms with van der Waals surface area (Å²) >= 11 is 0. The fourth-order valence-electron chi connectivity index (χ4n) is 2.86. The number of aromatic nitrogens is 2. The van der Waals surface area contributed by atoms with Gasteiger partial charge in [0.2, 0.25) is 0 Å². The number of alkyl halides is 2. The highest BCUT2D eigenvalue weighted by molar-refractivity contribution is 5.97. The summed E-state index contributed by atoms with van der Waals surface area (Å²) in [5.41, 5.74) is -1.19. The molecule has 0 saturated carbocycles. The van der Waals surface area contributed by atoms with Crippen molar-refractivity contribution in [3.05, 3.63) is 17.0 Å². The Morgan fingerprint density at radius 3 is 2.61 bits per heavy atom. The molecule has 1 aliphatic rings. The van der Waals surface area contributed by atoms with Crippen molar-refractivity contribution >= 4 is 11.9 Å². The quantitative estimate of drug-likeness (QED) is 0.851. The Morgan fingerprint density at radius 1 is 1.39 bits per heavy atom. The molecule has 0 radical (unpaired) electrons. The number of carboxylic acids is 1. The molecule has 2 heterocycles. The molecule has 2 N–H and O–H groups in total. The molecule has 1 atom stereocenters. The molecule has 1 amide bonds. The van der Waals surface area contributed by atoms with Gasteiger partial charge in [-0.3, -0.25) is 9.48 Å². The predicted octanol–water partition coefficient (Wildman–Crippen LogP) is 0.817. The molecule has 1 unspecified atom stereocenters. The fraction of sp³-hybridized carbons (Fsp3) is 0.643. The van der Waals surface area contributed by atoms with Gasteiger partial charge in [0.05, 0.1) is 17.8 Å². The number of aliphatic hydroxyl groups is 1. The summed E-state index contributed by atoms with van der Waals surface area (Å²) < 4.78 is 26.1. The fourth-order valence-corrected chi connectivity index (χ4v) is 2.86. The number of halogens is 2. The number of piperidine rings is 1. The van der Waals surface area contributed by atoms with E-state index in [0.717, 1.165) is 4.68 Å². The van der Waals surface area contributed by atoms with Crippen molar-refractivity contribution in [2.24, 2.45) is 0 Å². The second kappa shape index (κ2) is 6.23. The standard InChI is InChI=1S/C14H19F2N3O4/c1-8-11(9(2)19(17-8)6-10(15)16)12(20)18-5-3-4-14(23,7-18)13(21)22/h10,23H,3-7H2,1-2H3,(H,21,22). The van der Waals surface area contributed by atoms with Gasteiger partial charge in [0.1, 0.15) is 6.54 Å². The van der Waals surface area contributed by atoms with E-state index in [1.54, 1.807) is 0 Å². The highest BCUT2D eigenvalue weighted by Gasteiger charge is 2.42. The molecule has 128 valence electrons. The molecule has 0 aromatic carbocycles. The van der Waals surface area contributed by atoms with Crippen molar-refractivity contribution in [3.63, 3.8) is 0 Å². The predicted molar refractivity (Wildman–Crippen MR) is 75.4 cm³/mol. The smallest absolute Gasteiger partial charge is 0.337 e. The number of aryl methyl sites for hydroxylation is 1. The zero-order valence-electron chi connectivity index (χ0n) is 12.9. The first kappa shape index (κ1) is 17.3. The number of carbonyl (C=O) groups excluding carboxylic acids is 1. The van der Waals surface area contributed by atoms with Gasteiger partial charge in [0.15, 0.2) is 5.60 Å². The maximum Gasteiger partial charge on any atom is 0.337 e. The van der Waals surface area contributed by atoms with E-state index in [2.05, 4.69) is 5.10 Å². The zero-order valence-corrected chi connectivity index (χ0v) is 12.9. The first-order valence-electron chi connectivity index (χ1n) is 7.23. The van der Waals surface area contributed by atoms with Crippen molar-refractivity contribution < 1.29 is 28.6 Å². The Hall–Kier alpha value is -2.03. The molecule has 0 bridgehead atoms. The minimum absolute atomic E-state index is 0.0642. The van der Waals surface area contributed by atoms with Gasteiger partial charge in [-0.15, -0.1) is 0 Å². The van der Waals surface area contributed by atoms with Crippen LogP contribution in [0.2, 0.25) is 0 Å². The molecule has 2 rings (SSSR count). The average molecular weight is 331 g/mol. The number of β-amino-alcohol motifs (C(OH)–C–C–N with tert-alkyl or cyclic N) is 1. The first-order chi connectivity index (χ1) is 10.7. The lowest BCUT2D eigenvalue weighted by atomic mass is 9.92. The summed E-state index contributed by atoms with van der Waals surface area (Å²) in [7, 11) is 0. The SMILES string of the molecule is Cc1nn(CC(F)F)c(C)c1C(=O)N1CCCC(O)(C(=O)O)C1. The monoisotopic (exact) mass is 331 g/mol. The van der Waals surface area contributed by atoms with Crippen LogP contribution in [0, 0.1) is 13.8 Å². The molecule has 1 fully saturated rings. The highest BCUT2D eigenvalue weighted by atomic mass is 19.3. The topological polar surface area (TPSA) is 95.7 Å². The van der Waals surface area contributed by atoms with Crippen molar-refractivity contribution in [1.29, 1.82) is 0 Å². The molecule has 1 aromatic rings. The number of hydrogen-bond acceptors (Lipinski definition) is 4. The second-order valence-corrected chi connectivity index (χ2v) is 5.79. The number of nitrogens with zero attached hydrogens (tertiary/aromatic N) is 3. The summed E-state index contributed by atoms with van der Waals surface area (Å²) in [6.07, 6.45) is -2.19. The molecule has 0 spiro atoms. The van der Waals surface area contributed by atoms with Crippen LogP contribution in [0.1, 0.15) is 34.6 Å². The summed E-state index contributed by atoms with van der Waals surface area (Å²) in [4.78, 5) is 25.0. The van der Waals surface area contributed by atoms with Gasteiger partial charge >= 0.3 is 5.97 Å². The van der Waals surface area contributed by atoms with Crippen molar-refractivity contribution in [2.45, 2.75) is 45.3 Å². The first-order valence-corrected chi connectivity index (χ1v) is 7.23. The minimum Gasteiger partial charge on any atom is -0.479 e. The third-order valence-corrected chi connectivity index (χ3v) is 4.06. The summed E-state index contributed by atoms with van der Waals surface area (Å²) in [5, 5.41) is 23.1. The van der Waals surface area contributed by atoms with Crippen LogP contribution in [0.5, 0.6) is 0 Å². The lowest BCUT2D eigenvalue weighted by Gasteiger charge is -2.36. The van der Waals surface area contributed by atoms with Crippen LogP contribution < -0.4 is 0 Å². The van der Waals surface area contributed by atoms with Crippen molar-refractivity contribution in [2.75, 3.05) is 13.1 Å². The van der Waals surface area contributed by atoms with Crippen LogP contribution >= 0.6 is 0 Å². The van der Waals surface area contributed by atoms with Crippen LogP contribution in [-0.2, 0) is 11.3 Å². The number of amides is 1. The van der Waals surface area contributed by atoms with Gasteiger partial charge in [-0.05, 0) is 26.7 Å². The Kier molecular flexibility index (Phi) is 4.69. The third kappa shape index (κ3) is 3.34. The van der Waals surface area contributed by atoms with E-state index >= 15 is 0 Å². The lowest BCUT2D eigenvalue weighted by Crippen LogP contribution is -2.54. The minimum atomic E-state index is -2.59. The summed E-state index contributed by atoms with van der Waals surface area (Å²) in [5.74, 6) is -1.88. The largest absolute Gasteiger partial charge is 0.479 e. The Morgan fingerprint density at radius 2 is 2.04 bits per heavy atom. The summed E-state index contributed by atoms with van der Waals surface area (Å²) in [6.45, 7) is 2.41. The Balaban J connectivity index is 2.27. The van der Waals surface area contributed by atoms with E-state index in [0.29, 0.717) is 24.4 Å².